The summed E-state index contributed by atoms with van der Waals surface area (Å²) >= 11 is 2.89. The Labute approximate surface area is 236 Å². The second-order valence-corrected chi connectivity index (χ2v) is 12.7. The molecule has 13 heteroatoms. The fraction of sp³-hybridized carbons (Fsp3) is 0.111. The molecule has 3 aromatic carbocycles. The van der Waals surface area contributed by atoms with E-state index in [4.69, 9.17) is 4.98 Å². The van der Waals surface area contributed by atoms with Crippen LogP contribution < -0.4 is 10.9 Å². The third kappa shape index (κ3) is 4.88. The second kappa shape index (κ2) is 9.86. The predicted molar refractivity (Wildman–Crippen MR) is 156 cm³/mol. The van der Waals surface area contributed by atoms with Gasteiger partial charge in [0.15, 0.2) is 0 Å². The number of H-pyrrole nitrogens is 1. The number of hydrogen-bond acceptors (Lipinski definition) is 10. The number of benzene rings is 3. The molecule has 1 atom stereocenters. The van der Waals surface area contributed by atoms with E-state index in [1.165, 1.54) is 29.2 Å². The molecule has 0 saturated heterocycles. The number of thiazole rings is 1. The molecule has 40 heavy (non-hydrogen) atoms. The maximum atomic E-state index is 12.0. The number of thioether (sulfide) groups is 1. The van der Waals surface area contributed by atoms with Gasteiger partial charge in [-0.15, -0.1) is 16.5 Å². The number of aromatic nitrogens is 2. The minimum Gasteiger partial charge on any atom is -0.493 e. The number of pyridine rings is 1. The van der Waals surface area contributed by atoms with E-state index in [0.717, 1.165) is 26.4 Å². The normalized spacial score (nSPS) is 15.0. The van der Waals surface area contributed by atoms with Gasteiger partial charge in [0.25, 0.3) is 15.7 Å². The summed E-state index contributed by atoms with van der Waals surface area (Å²) in [6, 6.07) is 18.1. The van der Waals surface area contributed by atoms with Crippen LogP contribution in [0.2, 0.25) is 0 Å². The molecule has 0 fully saturated rings. The zero-order valence-corrected chi connectivity index (χ0v) is 23.5. The number of rotatable bonds is 5. The molecule has 0 radical (unpaired) electrons. The van der Waals surface area contributed by atoms with Crippen molar-refractivity contribution in [1.82, 2.24) is 9.97 Å². The van der Waals surface area contributed by atoms with Crippen LogP contribution in [-0.2, 0) is 10.1 Å². The van der Waals surface area contributed by atoms with E-state index in [-0.39, 0.29) is 21.8 Å². The van der Waals surface area contributed by atoms with Gasteiger partial charge in [0.05, 0.1) is 26.5 Å². The average molecular weight is 592 g/mol. The summed E-state index contributed by atoms with van der Waals surface area (Å²) < 4.78 is 34.8. The van der Waals surface area contributed by atoms with Gasteiger partial charge < -0.3 is 10.4 Å². The molecule has 2 aromatic heterocycles. The molecular weight excluding hydrogens is 571 g/mol. The van der Waals surface area contributed by atoms with Crippen molar-refractivity contribution in [3.8, 4) is 16.5 Å². The van der Waals surface area contributed by atoms with Gasteiger partial charge in [-0.2, -0.15) is 13.5 Å². The van der Waals surface area contributed by atoms with E-state index in [1.54, 1.807) is 32.0 Å². The van der Waals surface area contributed by atoms with E-state index >= 15 is 0 Å². The maximum Gasteiger partial charge on any atom is 0.295 e. The topological polar surface area (TPSA) is 157 Å². The summed E-state index contributed by atoms with van der Waals surface area (Å²) in [4.78, 5) is 19.0. The van der Waals surface area contributed by atoms with Crippen LogP contribution in [0.3, 0.4) is 0 Å². The van der Waals surface area contributed by atoms with Crippen molar-refractivity contribution in [1.29, 1.82) is 0 Å². The Morgan fingerprint density at radius 2 is 1.75 bits per heavy atom. The molecule has 0 saturated carbocycles. The number of anilines is 1. The van der Waals surface area contributed by atoms with Gasteiger partial charge in [-0.1, -0.05) is 23.9 Å². The van der Waals surface area contributed by atoms with Gasteiger partial charge in [0.1, 0.15) is 21.0 Å². The predicted octanol–water partition coefficient (Wildman–Crippen LogP) is 6.85. The molecule has 5 aromatic rings. The number of aryl methyl sites for hydroxylation is 2. The lowest BCUT2D eigenvalue weighted by atomic mass is 10.2. The number of nitrogens with zero attached hydrogens (tertiary/aromatic N) is 3. The van der Waals surface area contributed by atoms with Crippen LogP contribution >= 0.6 is 23.1 Å². The Morgan fingerprint density at radius 1 is 0.975 bits per heavy atom. The Kier molecular flexibility index (Phi) is 6.45. The number of aromatic amines is 1. The molecule has 0 bridgehead atoms. The summed E-state index contributed by atoms with van der Waals surface area (Å²) in [5, 5.41) is 22.1. The number of nitrogens with one attached hydrogen (secondary N) is 2. The fourth-order valence-corrected chi connectivity index (χ4v) is 7.97. The van der Waals surface area contributed by atoms with Gasteiger partial charge in [-0.25, -0.2) is 4.98 Å². The molecule has 4 N–H and O–H groups in total. The van der Waals surface area contributed by atoms with E-state index in [0.29, 0.717) is 27.4 Å². The first-order valence-electron chi connectivity index (χ1n) is 12.0. The van der Waals surface area contributed by atoms with Crippen molar-refractivity contribution in [2.24, 2.45) is 10.2 Å². The summed E-state index contributed by atoms with van der Waals surface area (Å²) in [7, 11) is -4.36. The minimum atomic E-state index is -4.36. The molecule has 1 aliphatic heterocycles. The lowest BCUT2D eigenvalue weighted by molar-refractivity contribution is 0.452. The molecule has 6 rings (SSSR count). The zero-order valence-electron chi connectivity index (χ0n) is 21.0. The van der Waals surface area contributed by atoms with Crippen LogP contribution in [0.1, 0.15) is 22.1 Å². The van der Waals surface area contributed by atoms with E-state index in [1.807, 2.05) is 36.4 Å². The van der Waals surface area contributed by atoms with Crippen LogP contribution in [0.5, 0.6) is 5.88 Å². The Balaban J connectivity index is 1.24. The Hall–Kier alpha value is -4.04. The summed E-state index contributed by atoms with van der Waals surface area (Å²) in [5.74, 6) is -0.330. The molecule has 10 nitrogen and oxygen atoms in total. The molecule has 0 spiro atoms. The van der Waals surface area contributed by atoms with Crippen LogP contribution in [0, 0.1) is 13.8 Å². The Bertz CT molecular complexity index is 1970. The van der Waals surface area contributed by atoms with Crippen LogP contribution in [-0.4, -0.2) is 28.0 Å². The first kappa shape index (κ1) is 26.2. The maximum absolute atomic E-state index is 12.0. The summed E-state index contributed by atoms with van der Waals surface area (Å²) in [5.41, 5.74) is 4.74. The third-order valence-electron chi connectivity index (χ3n) is 6.37. The standard InChI is InChI=1S/C27H21N5O5S3/c1-13-3-9-19-23(24(13)40(35,36)37)39-27(29-19)16-6-10-18-20(12-16)38-26(28-18)15-4-7-17(8-5-15)31-32-22-14(2)11-21(33)30-25(22)34/h3-12,27,29H,1-2H3,(H2,30,33,34)(H,35,36,37). The lowest BCUT2D eigenvalue weighted by Crippen LogP contribution is -2.03. The van der Waals surface area contributed by atoms with Gasteiger partial charge in [0.2, 0.25) is 5.88 Å². The third-order valence-corrected chi connectivity index (χ3v) is 9.90. The molecular formula is C27H21N5O5S3. The van der Waals surface area contributed by atoms with Gasteiger partial charge >= 0.3 is 0 Å². The van der Waals surface area contributed by atoms with Crippen molar-refractivity contribution in [3.63, 3.8) is 0 Å². The van der Waals surface area contributed by atoms with Gasteiger partial charge in [-0.3, -0.25) is 14.3 Å². The van der Waals surface area contributed by atoms with Crippen LogP contribution in [0.15, 0.2) is 85.5 Å². The number of aromatic hydroxyl groups is 1. The smallest absolute Gasteiger partial charge is 0.295 e. The molecule has 0 amide bonds. The number of fused-ring (bicyclic) bond motifs is 2. The SMILES string of the molecule is Cc1cc(=O)[nH]c(O)c1N=Nc1ccc(-c2nc3ccc(C4Nc5ccc(C)c(S(=O)(=O)O)c5S4)cc3s2)cc1. The molecule has 3 heterocycles. The highest BCUT2D eigenvalue weighted by atomic mass is 32.2. The van der Waals surface area contributed by atoms with E-state index < -0.39 is 15.7 Å². The number of hydrogen-bond donors (Lipinski definition) is 4. The second-order valence-electron chi connectivity index (χ2n) is 9.21. The van der Waals surface area contributed by atoms with Crippen molar-refractivity contribution in [3.05, 3.63) is 87.7 Å². The summed E-state index contributed by atoms with van der Waals surface area (Å²) in [6.45, 7) is 3.33. The molecule has 1 unspecified atom stereocenters. The van der Waals surface area contributed by atoms with Crippen molar-refractivity contribution >= 4 is 60.5 Å². The first-order chi connectivity index (χ1) is 19.1. The molecule has 202 valence electrons. The quantitative estimate of drug-likeness (QED) is 0.128. The fourth-order valence-electron chi connectivity index (χ4n) is 4.45. The largest absolute Gasteiger partial charge is 0.493 e. The zero-order chi connectivity index (χ0) is 28.2. The monoisotopic (exact) mass is 591 g/mol. The van der Waals surface area contributed by atoms with Crippen LogP contribution in [0.25, 0.3) is 20.8 Å². The minimum absolute atomic E-state index is 0.0558. The van der Waals surface area contributed by atoms with Crippen molar-refractivity contribution < 1.29 is 18.1 Å². The Morgan fingerprint density at radius 3 is 2.48 bits per heavy atom. The highest BCUT2D eigenvalue weighted by molar-refractivity contribution is 8.00. The highest BCUT2D eigenvalue weighted by Gasteiger charge is 2.31. The highest BCUT2D eigenvalue weighted by Crippen LogP contribution is 2.50. The van der Waals surface area contributed by atoms with E-state index in [9.17, 15) is 22.9 Å². The van der Waals surface area contributed by atoms with Crippen molar-refractivity contribution in [2.45, 2.75) is 29.0 Å². The first-order valence-corrected chi connectivity index (χ1v) is 15.1. The summed E-state index contributed by atoms with van der Waals surface area (Å²) in [6.07, 6.45) is 0. The average Bonchev–Trinajstić information content (AvgIpc) is 3.51. The van der Waals surface area contributed by atoms with Gasteiger partial charge in [0, 0.05) is 11.6 Å². The molecule has 1 aliphatic rings. The van der Waals surface area contributed by atoms with Gasteiger partial charge in [-0.05, 0) is 73.0 Å². The molecule has 0 aliphatic carbocycles. The van der Waals surface area contributed by atoms with Crippen LogP contribution in [0.4, 0.5) is 17.1 Å². The van der Waals surface area contributed by atoms with Crippen molar-refractivity contribution in [2.75, 3.05) is 5.32 Å². The number of azo groups is 1. The van der Waals surface area contributed by atoms with E-state index in [2.05, 4.69) is 20.5 Å². The lowest BCUT2D eigenvalue weighted by Gasteiger charge is -2.10.